The second kappa shape index (κ2) is 6.48. The van der Waals surface area contributed by atoms with Gasteiger partial charge in [-0.2, -0.15) is 0 Å². The van der Waals surface area contributed by atoms with Crippen LogP contribution in [-0.2, 0) is 6.42 Å². The molecule has 3 rings (SSSR count). The maximum absolute atomic E-state index is 4.32. The number of hydrogen-bond acceptors (Lipinski definition) is 6. The summed E-state index contributed by atoms with van der Waals surface area (Å²) in [7, 11) is 4.18. The van der Waals surface area contributed by atoms with Crippen LogP contribution in [0.1, 0.15) is 5.56 Å². The molecule has 2 heterocycles. The van der Waals surface area contributed by atoms with Crippen LogP contribution in [0.5, 0.6) is 0 Å². The minimum atomic E-state index is 0.369. The number of hydrogen-bond donors (Lipinski definition) is 1. The van der Waals surface area contributed by atoms with Gasteiger partial charge < -0.3 is 10.2 Å². The monoisotopic (exact) mass is 297 g/mol. The summed E-state index contributed by atoms with van der Waals surface area (Å²) in [6, 6.07) is 14.6. The lowest BCUT2D eigenvalue weighted by atomic mass is 10.1. The Labute approximate surface area is 128 Å². The predicted octanol–water partition coefficient (Wildman–Crippen LogP) is 1.10. The number of nitrogens with zero attached hydrogens (tertiary/aromatic N) is 6. The second-order valence-electron chi connectivity index (χ2n) is 5.43. The fourth-order valence-corrected chi connectivity index (χ4v) is 2.29. The van der Waals surface area contributed by atoms with E-state index in [0.29, 0.717) is 11.7 Å². The van der Waals surface area contributed by atoms with E-state index in [9.17, 15) is 0 Å². The van der Waals surface area contributed by atoms with E-state index in [-0.39, 0.29) is 0 Å². The number of likely N-dealkylation sites (N-methyl/N-ethyl adjacent to an activating group) is 1. The Morgan fingerprint density at radius 3 is 2.73 bits per heavy atom. The molecular weight excluding hydrogens is 278 g/mol. The van der Waals surface area contributed by atoms with Gasteiger partial charge in [-0.3, -0.25) is 0 Å². The summed E-state index contributed by atoms with van der Waals surface area (Å²) in [5, 5.41) is 18.9. The summed E-state index contributed by atoms with van der Waals surface area (Å²) in [4.78, 5) is 2.22. The zero-order valence-electron chi connectivity index (χ0n) is 12.7. The van der Waals surface area contributed by atoms with Crippen LogP contribution in [0.2, 0.25) is 0 Å². The van der Waals surface area contributed by atoms with Crippen molar-refractivity contribution in [1.29, 1.82) is 0 Å². The highest BCUT2D eigenvalue weighted by molar-refractivity contribution is 5.42. The minimum Gasteiger partial charge on any atom is -0.367 e. The van der Waals surface area contributed by atoms with E-state index >= 15 is 0 Å². The number of nitrogens with one attached hydrogen (secondary N) is 1. The van der Waals surface area contributed by atoms with Crippen LogP contribution in [0.4, 0.5) is 5.82 Å². The van der Waals surface area contributed by atoms with Crippen molar-refractivity contribution in [3.8, 4) is 0 Å². The summed E-state index contributed by atoms with van der Waals surface area (Å²) in [5.74, 6) is 0.764. The summed E-state index contributed by atoms with van der Waals surface area (Å²) in [5.41, 5.74) is 1.96. The third kappa shape index (κ3) is 3.37. The van der Waals surface area contributed by atoms with Crippen LogP contribution in [0, 0.1) is 0 Å². The molecule has 0 aliphatic rings. The van der Waals surface area contributed by atoms with Gasteiger partial charge in [0.25, 0.3) is 0 Å². The quantitative estimate of drug-likeness (QED) is 0.735. The Balaban J connectivity index is 1.66. The number of tetrazole rings is 1. The number of benzene rings is 1. The first-order valence-corrected chi connectivity index (χ1v) is 7.22. The minimum absolute atomic E-state index is 0.369. The maximum atomic E-state index is 4.32. The first-order valence-electron chi connectivity index (χ1n) is 7.22. The molecule has 3 aromatic rings. The fourth-order valence-electron chi connectivity index (χ4n) is 2.29. The number of anilines is 1. The third-order valence-corrected chi connectivity index (χ3v) is 3.63. The molecule has 0 aliphatic heterocycles. The van der Waals surface area contributed by atoms with E-state index in [4.69, 9.17) is 0 Å². The number of rotatable bonds is 6. The van der Waals surface area contributed by atoms with E-state index in [1.54, 1.807) is 0 Å². The van der Waals surface area contributed by atoms with Gasteiger partial charge in [0.05, 0.1) is 0 Å². The van der Waals surface area contributed by atoms with Gasteiger partial charge in [0, 0.05) is 12.6 Å². The summed E-state index contributed by atoms with van der Waals surface area (Å²) < 4.78 is 1.42. The fraction of sp³-hybridized carbons (Fsp3) is 0.333. The molecular formula is C15H19N7. The molecule has 0 spiro atoms. The topological polar surface area (TPSA) is 71.2 Å². The summed E-state index contributed by atoms with van der Waals surface area (Å²) >= 11 is 0. The maximum Gasteiger partial charge on any atom is 0.200 e. The van der Waals surface area contributed by atoms with Gasteiger partial charge in [-0.05, 0) is 48.6 Å². The summed E-state index contributed by atoms with van der Waals surface area (Å²) in [6.45, 7) is 0.794. The van der Waals surface area contributed by atoms with Gasteiger partial charge in [-0.15, -0.1) is 14.8 Å². The van der Waals surface area contributed by atoms with E-state index in [1.807, 2.05) is 18.2 Å². The van der Waals surface area contributed by atoms with Crippen molar-refractivity contribution < 1.29 is 0 Å². The third-order valence-electron chi connectivity index (χ3n) is 3.63. The second-order valence-corrected chi connectivity index (χ2v) is 5.43. The van der Waals surface area contributed by atoms with E-state index in [2.05, 4.69) is 69.2 Å². The Bertz CT molecular complexity index is 723. The van der Waals surface area contributed by atoms with Crippen molar-refractivity contribution >= 4 is 11.5 Å². The van der Waals surface area contributed by atoms with Gasteiger partial charge in [0.1, 0.15) is 5.82 Å². The zero-order valence-corrected chi connectivity index (χ0v) is 12.7. The average molecular weight is 297 g/mol. The molecule has 1 N–H and O–H groups in total. The molecule has 7 nitrogen and oxygen atoms in total. The number of fused-ring (bicyclic) bond motifs is 1. The molecule has 0 saturated heterocycles. The van der Waals surface area contributed by atoms with Crippen LogP contribution in [0.25, 0.3) is 5.65 Å². The molecule has 0 bridgehead atoms. The first kappa shape index (κ1) is 14.4. The van der Waals surface area contributed by atoms with Gasteiger partial charge in [-0.25, -0.2) is 0 Å². The Kier molecular flexibility index (Phi) is 4.24. The molecule has 2 aromatic heterocycles. The molecule has 0 saturated carbocycles. The Hall–Kier alpha value is -2.54. The molecule has 1 atom stereocenters. The molecule has 22 heavy (non-hydrogen) atoms. The Morgan fingerprint density at radius 2 is 1.95 bits per heavy atom. The molecule has 114 valence electrons. The Morgan fingerprint density at radius 1 is 1.14 bits per heavy atom. The van der Waals surface area contributed by atoms with E-state index < -0.39 is 0 Å². The molecule has 0 unspecified atom stereocenters. The van der Waals surface area contributed by atoms with Gasteiger partial charge in [0.2, 0.25) is 0 Å². The van der Waals surface area contributed by atoms with Gasteiger partial charge >= 0.3 is 0 Å². The van der Waals surface area contributed by atoms with Gasteiger partial charge in [0.15, 0.2) is 5.65 Å². The predicted molar refractivity (Wildman–Crippen MR) is 84.7 cm³/mol. The van der Waals surface area contributed by atoms with Crippen molar-refractivity contribution in [2.24, 2.45) is 0 Å². The molecule has 1 aromatic carbocycles. The number of aromatic nitrogens is 5. The lowest BCUT2D eigenvalue weighted by Gasteiger charge is -2.25. The highest BCUT2D eigenvalue weighted by Crippen LogP contribution is 2.09. The lowest BCUT2D eigenvalue weighted by Crippen LogP contribution is -2.36. The highest BCUT2D eigenvalue weighted by Gasteiger charge is 2.12. The lowest BCUT2D eigenvalue weighted by molar-refractivity contribution is 0.303. The van der Waals surface area contributed by atoms with Crippen molar-refractivity contribution in [3.63, 3.8) is 0 Å². The van der Waals surface area contributed by atoms with Crippen LogP contribution in [-0.4, -0.2) is 56.8 Å². The van der Waals surface area contributed by atoms with E-state index in [1.165, 1.54) is 10.2 Å². The van der Waals surface area contributed by atoms with Crippen molar-refractivity contribution in [2.45, 2.75) is 12.5 Å². The summed E-state index contributed by atoms with van der Waals surface area (Å²) in [6.07, 6.45) is 0.980. The highest BCUT2D eigenvalue weighted by atomic mass is 15.6. The van der Waals surface area contributed by atoms with E-state index in [0.717, 1.165) is 18.8 Å². The van der Waals surface area contributed by atoms with Crippen LogP contribution in [0.3, 0.4) is 0 Å². The van der Waals surface area contributed by atoms with Gasteiger partial charge in [-0.1, -0.05) is 30.3 Å². The van der Waals surface area contributed by atoms with Crippen molar-refractivity contribution in [3.05, 3.63) is 48.0 Å². The van der Waals surface area contributed by atoms with Crippen molar-refractivity contribution in [2.75, 3.05) is 26.0 Å². The van der Waals surface area contributed by atoms with Crippen LogP contribution in [0.15, 0.2) is 42.5 Å². The molecule has 7 heteroatoms. The van der Waals surface area contributed by atoms with Crippen molar-refractivity contribution in [1.82, 2.24) is 30.2 Å². The average Bonchev–Trinajstić information content (AvgIpc) is 2.99. The standard InChI is InChI=1S/C15H19N7/c1-21(2)13(10-12-6-4-3-5-7-12)11-16-14-8-9-15-17-19-20-22(15)18-14/h3-9,13H,10-11H2,1-2H3,(H,16,18)/t13-/m1/s1. The SMILES string of the molecule is CN(C)[C@@H](CNc1ccc2nnnn2n1)Cc1ccccc1. The first-order chi connectivity index (χ1) is 10.7. The molecule has 0 aliphatic carbocycles. The zero-order chi connectivity index (χ0) is 15.4. The molecule has 0 amide bonds. The smallest absolute Gasteiger partial charge is 0.200 e. The largest absolute Gasteiger partial charge is 0.367 e. The molecule has 0 radical (unpaired) electrons. The molecule has 0 fully saturated rings. The van der Waals surface area contributed by atoms with Crippen LogP contribution >= 0.6 is 0 Å². The normalized spacial score (nSPS) is 12.7. The van der Waals surface area contributed by atoms with Crippen LogP contribution < -0.4 is 5.32 Å².